The Hall–Kier alpha value is -2.66. The minimum Gasteiger partial charge on any atom is -0.364 e. The average Bonchev–Trinajstić information content (AvgIpc) is 2.58. The molecule has 0 aliphatic heterocycles. The van der Waals surface area contributed by atoms with Gasteiger partial charge < -0.3 is 10.6 Å². The van der Waals surface area contributed by atoms with E-state index in [0.29, 0.717) is 17.5 Å². The highest BCUT2D eigenvalue weighted by Crippen LogP contribution is 2.25. The third kappa shape index (κ3) is 4.00. The highest BCUT2D eigenvalue weighted by atomic mass is 35.5. The molecule has 0 spiro atoms. The molecule has 6 heteroatoms. The molecule has 2 N–H and O–H groups in total. The van der Waals surface area contributed by atoms with Gasteiger partial charge >= 0.3 is 0 Å². The van der Waals surface area contributed by atoms with E-state index < -0.39 is 0 Å². The molecule has 0 atom stereocenters. The van der Waals surface area contributed by atoms with Gasteiger partial charge in [-0.3, -0.25) is 4.98 Å². The van der Waals surface area contributed by atoms with Crippen LogP contribution in [-0.2, 0) is 6.54 Å². The zero-order valence-electron chi connectivity index (χ0n) is 13.5. The number of halogens is 1. The van der Waals surface area contributed by atoms with Gasteiger partial charge in [0.2, 0.25) is 5.95 Å². The van der Waals surface area contributed by atoms with Crippen LogP contribution in [0.5, 0.6) is 0 Å². The number of nitrogens with zero attached hydrogens (tertiary/aromatic N) is 3. The number of hydrogen-bond acceptors (Lipinski definition) is 5. The van der Waals surface area contributed by atoms with E-state index in [9.17, 15) is 0 Å². The number of pyridine rings is 1. The lowest BCUT2D eigenvalue weighted by Crippen LogP contribution is -2.06. The molecule has 0 amide bonds. The van der Waals surface area contributed by atoms with Crippen molar-refractivity contribution < 1.29 is 0 Å². The van der Waals surface area contributed by atoms with Gasteiger partial charge in [0.1, 0.15) is 5.82 Å². The van der Waals surface area contributed by atoms with Gasteiger partial charge in [-0.05, 0) is 43.7 Å². The van der Waals surface area contributed by atoms with Gasteiger partial charge in [0.05, 0.1) is 12.2 Å². The first-order chi connectivity index (χ1) is 11.6. The van der Waals surface area contributed by atoms with Crippen LogP contribution in [0.25, 0.3) is 0 Å². The summed E-state index contributed by atoms with van der Waals surface area (Å²) in [6.45, 7) is 4.50. The monoisotopic (exact) mass is 339 g/mol. The van der Waals surface area contributed by atoms with Crippen molar-refractivity contribution in [1.29, 1.82) is 0 Å². The molecule has 0 unspecified atom stereocenters. The average molecular weight is 340 g/mol. The second-order valence-corrected chi connectivity index (χ2v) is 5.84. The van der Waals surface area contributed by atoms with E-state index in [2.05, 4.69) is 25.6 Å². The molecule has 2 aromatic heterocycles. The summed E-state index contributed by atoms with van der Waals surface area (Å²) in [6, 6.07) is 13.4. The van der Waals surface area contributed by atoms with Crippen molar-refractivity contribution in [1.82, 2.24) is 15.0 Å². The van der Waals surface area contributed by atoms with Crippen LogP contribution in [0.1, 0.15) is 17.0 Å². The molecule has 0 saturated heterocycles. The molecule has 0 bridgehead atoms. The predicted molar refractivity (Wildman–Crippen MR) is 97.8 cm³/mol. The molecular weight excluding hydrogens is 322 g/mol. The summed E-state index contributed by atoms with van der Waals surface area (Å²) >= 11 is 6.16. The topological polar surface area (TPSA) is 62.7 Å². The third-order valence-electron chi connectivity index (χ3n) is 3.55. The Labute approximate surface area is 146 Å². The molecule has 24 heavy (non-hydrogen) atoms. The Balaban J connectivity index is 1.77. The first-order valence-electron chi connectivity index (χ1n) is 7.63. The van der Waals surface area contributed by atoms with Gasteiger partial charge in [-0.1, -0.05) is 23.7 Å². The first kappa shape index (κ1) is 16.2. The number of aromatic nitrogens is 3. The van der Waals surface area contributed by atoms with Gasteiger partial charge in [0.15, 0.2) is 0 Å². The fourth-order valence-corrected chi connectivity index (χ4v) is 2.44. The van der Waals surface area contributed by atoms with E-state index in [1.165, 1.54) is 0 Å². The SMILES string of the molecule is Cc1cc(NCc2ccccn2)nc(Nc2cccc(Cl)c2C)n1. The fourth-order valence-electron chi connectivity index (χ4n) is 2.26. The smallest absolute Gasteiger partial charge is 0.229 e. The van der Waals surface area contributed by atoms with Gasteiger partial charge in [-0.15, -0.1) is 0 Å². The number of anilines is 3. The highest BCUT2D eigenvalue weighted by molar-refractivity contribution is 6.31. The maximum Gasteiger partial charge on any atom is 0.229 e. The number of aryl methyl sites for hydroxylation is 1. The van der Waals surface area contributed by atoms with Gasteiger partial charge in [0.25, 0.3) is 0 Å². The third-order valence-corrected chi connectivity index (χ3v) is 3.95. The predicted octanol–water partition coefficient (Wildman–Crippen LogP) is 4.50. The Bertz CT molecular complexity index is 836. The molecule has 0 fully saturated rings. The molecule has 0 saturated carbocycles. The summed E-state index contributed by atoms with van der Waals surface area (Å²) in [5.74, 6) is 1.28. The quantitative estimate of drug-likeness (QED) is 0.716. The van der Waals surface area contributed by atoms with E-state index >= 15 is 0 Å². The van der Waals surface area contributed by atoms with E-state index in [1.54, 1.807) is 6.20 Å². The lowest BCUT2D eigenvalue weighted by atomic mass is 10.2. The standard InChI is InChI=1S/C18H18ClN5/c1-12-10-17(21-11-14-6-3-4-9-20-14)24-18(22-12)23-16-8-5-7-15(19)13(16)2/h3-10H,11H2,1-2H3,(H2,21,22,23,24). The largest absolute Gasteiger partial charge is 0.364 e. The number of nitrogens with one attached hydrogen (secondary N) is 2. The molecule has 3 rings (SSSR count). The maximum atomic E-state index is 6.16. The van der Waals surface area contributed by atoms with Gasteiger partial charge in [0, 0.05) is 28.7 Å². The molecule has 2 heterocycles. The molecular formula is C18H18ClN5. The van der Waals surface area contributed by atoms with Crippen molar-refractivity contribution in [3.05, 3.63) is 70.6 Å². The number of rotatable bonds is 5. The van der Waals surface area contributed by atoms with Crippen molar-refractivity contribution in [3.63, 3.8) is 0 Å². The molecule has 0 radical (unpaired) electrons. The van der Waals surface area contributed by atoms with Crippen LogP contribution in [0, 0.1) is 13.8 Å². The molecule has 0 aliphatic rings. The van der Waals surface area contributed by atoms with Crippen LogP contribution < -0.4 is 10.6 Å². The van der Waals surface area contributed by atoms with Crippen molar-refractivity contribution in [2.45, 2.75) is 20.4 Å². The molecule has 122 valence electrons. The molecule has 5 nitrogen and oxygen atoms in total. The van der Waals surface area contributed by atoms with Crippen LogP contribution in [-0.4, -0.2) is 15.0 Å². The van der Waals surface area contributed by atoms with Crippen LogP contribution in [0.3, 0.4) is 0 Å². The number of hydrogen-bond donors (Lipinski definition) is 2. The summed E-state index contributed by atoms with van der Waals surface area (Å²) in [4.78, 5) is 13.2. The second-order valence-electron chi connectivity index (χ2n) is 5.43. The van der Waals surface area contributed by atoms with E-state index in [1.807, 2.05) is 56.3 Å². The Morgan fingerprint density at radius 3 is 2.71 bits per heavy atom. The van der Waals surface area contributed by atoms with E-state index in [-0.39, 0.29) is 0 Å². The lowest BCUT2D eigenvalue weighted by molar-refractivity contribution is 1.01. The van der Waals surface area contributed by atoms with Crippen LogP contribution in [0.4, 0.5) is 17.5 Å². The number of benzene rings is 1. The summed E-state index contributed by atoms with van der Waals surface area (Å²) in [7, 11) is 0. The fraction of sp³-hybridized carbons (Fsp3) is 0.167. The first-order valence-corrected chi connectivity index (χ1v) is 8.01. The van der Waals surface area contributed by atoms with Gasteiger partial charge in [-0.25, -0.2) is 4.98 Å². The zero-order chi connectivity index (χ0) is 16.9. The van der Waals surface area contributed by atoms with E-state index in [0.717, 1.165) is 28.5 Å². The summed E-state index contributed by atoms with van der Waals surface area (Å²) in [5, 5.41) is 7.21. The van der Waals surface area contributed by atoms with E-state index in [4.69, 9.17) is 11.6 Å². The lowest BCUT2D eigenvalue weighted by Gasteiger charge is -2.12. The molecule has 0 aliphatic carbocycles. The minimum atomic E-state index is 0.531. The van der Waals surface area contributed by atoms with Crippen molar-refractivity contribution in [2.24, 2.45) is 0 Å². The van der Waals surface area contributed by atoms with Crippen molar-refractivity contribution in [3.8, 4) is 0 Å². The van der Waals surface area contributed by atoms with Crippen LogP contribution >= 0.6 is 11.6 Å². The van der Waals surface area contributed by atoms with Crippen LogP contribution in [0.15, 0.2) is 48.7 Å². The second kappa shape index (κ2) is 7.27. The normalized spacial score (nSPS) is 10.5. The Morgan fingerprint density at radius 1 is 1.04 bits per heavy atom. The maximum absolute atomic E-state index is 6.16. The minimum absolute atomic E-state index is 0.531. The van der Waals surface area contributed by atoms with Gasteiger partial charge in [-0.2, -0.15) is 4.98 Å². The summed E-state index contributed by atoms with van der Waals surface area (Å²) in [6.07, 6.45) is 1.77. The Morgan fingerprint density at radius 2 is 1.92 bits per heavy atom. The molecule has 1 aromatic carbocycles. The summed E-state index contributed by atoms with van der Waals surface area (Å²) < 4.78 is 0. The highest BCUT2D eigenvalue weighted by Gasteiger charge is 2.06. The van der Waals surface area contributed by atoms with Crippen molar-refractivity contribution in [2.75, 3.05) is 10.6 Å². The summed E-state index contributed by atoms with van der Waals surface area (Å²) in [5.41, 5.74) is 3.68. The van der Waals surface area contributed by atoms with Crippen LogP contribution in [0.2, 0.25) is 5.02 Å². The Kier molecular flexibility index (Phi) is 4.91. The zero-order valence-corrected chi connectivity index (χ0v) is 14.3. The van der Waals surface area contributed by atoms with Crippen molar-refractivity contribution >= 4 is 29.1 Å². The molecule has 3 aromatic rings.